The standard InChI is InChI=1S/C19H25N7/c1-4-26(3)13-21-8-7-14-11-15(5-6-17(14)20-2)18-16-12-24-25-19(16)23-10-9-22-18/h5-6,8-9,11-12,20H,4,7,10,13H2,1-3H3,(H,23,25)/b21-8-. The van der Waals surface area contributed by atoms with Crippen LogP contribution < -0.4 is 16.0 Å². The van der Waals surface area contributed by atoms with Gasteiger partial charge in [-0.15, -0.1) is 0 Å². The molecule has 2 N–H and O–H groups in total. The lowest BCUT2D eigenvalue weighted by Gasteiger charge is -2.11. The van der Waals surface area contributed by atoms with E-state index in [-0.39, 0.29) is 0 Å². The van der Waals surface area contributed by atoms with Crippen molar-refractivity contribution in [2.24, 2.45) is 15.0 Å². The second kappa shape index (κ2) is 8.53. The van der Waals surface area contributed by atoms with Gasteiger partial charge in [0.05, 0.1) is 30.3 Å². The highest BCUT2D eigenvalue weighted by atomic mass is 15.2. The first-order valence-electron chi connectivity index (χ1n) is 8.81. The van der Waals surface area contributed by atoms with E-state index in [1.165, 1.54) is 5.56 Å². The molecule has 1 aromatic heterocycles. The minimum Gasteiger partial charge on any atom is -0.388 e. The number of rotatable bonds is 7. The molecule has 0 bridgehead atoms. The van der Waals surface area contributed by atoms with Gasteiger partial charge in [0.1, 0.15) is 0 Å². The quantitative estimate of drug-likeness (QED) is 0.725. The molecule has 0 fully saturated rings. The molecular weight excluding hydrogens is 326 g/mol. The largest absolute Gasteiger partial charge is 0.388 e. The summed E-state index contributed by atoms with van der Waals surface area (Å²) in [5.74, 6) is 0. The first-order chi connectivity index (χ1) is 12.7. The van der Waals surface area contributed by atoms with Gasteiger partial charge in [0.2, 0.25) is 0 Å². The molecule has 0 amide bonds. The van der Waals surface area contributed by atoms with Crippen molar-refractivity contribution in [1.82, 2.24) is 15.1 Å². The van der Waals surface area contributed by atoms with Crippen molar-refractivity contribution in [2.45, 2.75) is 13.3 Å². The number of hydrogen-bond acceptors (Lipinski definition) is 6. The fourth-order valence-corrected chi connectivity index (χ4v) is 2.75. The molecule has 0 atom stereocenters. The average Bonchev–Trinajstić information content (AvgIpc) is 3.04. The molecule has 7 nitrogen and oxygen atoms in total. The Labute approximate surface area is 153 Å². The Hall–Kier alpha value is -2.80. The summed E-state index contributed by atoms with van der Waals surface area (Å²) >= 11 is 0. The molecule has 7 heteroatoms. The van der Waals surface area contributed by atoms with Crippen molar-refractivity contribution >= 4 is 23.8 Å². The summed E-state index contributed by atoms with van der Waals surface area (Å²) in [4.78, 5) is 15.7. The lowest BCUT2D eigenvalue weighted by atomic mass is 10.0. The number of nitrogens with one attached hydrogen (secondary N) is 2. The molecule has 0 unspecified atom stereocenters. The summed E-state index contributed by atoms with van der Waals surface area (Å²) in [5, 5.41) is 11.2. The van der Waals surface area contributed by atoms with Gasteiger partial charge in [-0.2, -0.15) is 5.10 Å². The van der Waals surface area contributed by atoms with Crippen LogP contribution in [0.15, 0.2) is 39.4 Å². The molecule has 1 aliphatic rings. The Morgan fingerprint density at radius 1 is 1.38 bits per heavy atom. The van der Waals surface area contributed by atoms with Gasteiger partial charge in [-0.05, 0) is 31.3 Å². The molecule has 2 aromatic rings. The van der Waals surface area contributed by atoms with Gasteiger partial charge in [0, 0.05) is 37.1 Å². The maximum Gasteiger partial charge on any atom is 0.153 e. The van der Waals surface area contributed by atoms with Gasteiger partial charge in [0.15, 0.2) is 5.49 Å². The molecule has 1 aliphatic heterocycles. The van der Waals surface area contributed by atoms with E-state index in [4.69, 9.17) is 0 Å². The van der Waals surface area contributed by atoms with E-state index in [0.717, 1.165) is 40.6 Å². The van der Waals surface area contributed by atoms with Crippen LogP contribution >= 0.6 is 0 Å². The van der Waals surface area contributed by atoms with E-state index in [2.05, 4.69) is 67.6 Å². The minimum absolute atomic E-state index is 0.553. The number of fused-ring (bicyclic) bond motifs is 1. The fourth-order valence-electron chi connectivity index (χ4n) is 2.75. The Balaban J connectivity index is 1.93. The van der Waals surface area contributed by atoms with Crippen molar-refractivity contribution < 1.29 is 0 Å². The molecule has 0 radical (unpaired) electrons. The Bertz CT molecular complexity index is 924. The monoisotopic (exact) mass is 351 g/mol. The van der Waals surface area contributed by atoms with Crippen LogP contribution in [0.2, 0.25) is 0 Å². The SMILES string of the molecule is CCN(C)C/N=C\Cc1cc(C2=c3cn[nH]c3=NCC=N2)ccc1NC. The zero-order valence-corrected chi connectivity index (χ0v) is 15.5. The lowest BCUT2D eigenvalue weighted by molar-refractivity contribution is 0.366. The number of anilines is 1. The molecule has 26 heavy (non-hydrogen) atoms. The highest BCUT2D eigenvalue weighted by Crippen LogP contribution is 2.22. The number of aromatic amines is 1. The molecule has 136 valence electrons. The van der Waals surface area contributed by atoms with Crippen LogP contribution in [0.1, 0.15) is 18.1 Å². The van der Waals surface area contributed by atoms with Gasteiger partial charge in [0.25, 0.3) is 0 Å². The number of hydrogen-bond donors (Lipinski definition) is 2. The highest BCUT2D eigenvalue weighted by Gasteiger charge is 2.09. The third kappa shape index (κ3) is 4.05. The molecule has 1 aromatic carbocycles. The van der Waals surface area contributed by atoms with Crippen LogP contribution in [0.3, 0.4) is 0 Å². The summed E-state index contributed by atoms with van der Waals surface area (Å²) in [7, 11) is 4.00. The topological polar surface area (TPSA) is 81.0 Å². The Morgan fingerprint density at radius 2 is 2.27 bits per heavy atom. The van der Waals surface area contributed by atoms with Crippen LogP contribution in [-0.4, -0.2) is 61.4 Å². The van der Waals surface area contributed by atoms with E-state index in [0.29, 0.717) is 13.2 Å². The summed E-state index contributed by atoms with van der Waals surface area (Å²) in [5.41, 5.74) is 5.00. The zero-order chi connectivity index (χ0) is 18.4. The molecule has 0 saturated heterocycles. The van der Waals surface area contributed by atoms with E-state index < -0.39 is 0 Å². The number of H-pyrrole nitrogens is 1. The van der Waals surface area contributed by atoms with Crippen LogP contribution in [0.4, 0.5) is 5.69 Å². The molecule has 0 aliphatic carbocycles. The number of benzene rings is 1. The molecule has 0 saturated carbocycles. The van der Waals surface area contributed by atoms with E-state index in [1.807, 2.05) is 19.5 Å². The van der Waals surface area contributed by atoms with Crippen LogP contribution in [0.5, 0.6) is 0 Å². The Kier molecular flexibility index (Phi) is 5.91. The second-order valence-corrected chi connectivity index (χ2v) is 6.14. The van der Waals surface area contributed by atoms with E-state index in [1.54, 1.807) is 6.20 Å². The number of aromatic nitrogens is 2. The number of aliphatic imine (C=N–C) groups is 2. The van der Waals surface area contributed by atoms with Gasteiger partial charge >= 0.3 is 0 Å². The van der Waals surface area contributed by atoms with Crippen LogP contribution in [0.25, 0.3) is 5.70 Å². The average molecular weight is 351 g/mol. The predicted octanol–water partition coefficient (Wildman–Crippen LogP) is 0.834. The van der Waals surface area contributed by atoms with Gasteiger partial charge < -0.3 is 5.32 Å². The van der Waals surface area contributed by atoms with Gasteiger partial charge in [-0.3, -0.25) is 25.0 Å². The van der Waals surface area contributed by atoms with E-state index >= 15 is 0 Å². The third-order valence-electron chi connectivity index (χ3n) is 4.38. The fraction of sp³-hybridized carbons (Fsp3) is 0.368. The second-order valence-electron chi connectivity index (χ2n) is 6.14. The Morgan fingerprint density at radius 3 is 3.08 bits per heavy atom. The first-order valence-corrected chi connectivity index (χ1v) is 8.81. The molecule has 3 rings (SSSR count). The van der Waals surface area contributed by atoms with Crippen LogP contribution in [-0.2, 0) is 6.42 Å². The van der Waals surface area contributed by atoms with Crippen molar-refractivity contribution in [3.63, 3.8) is 0 Å². The maximum atomic E-state index is 4.61. The molecule has 2 heterocycles. The lowest BCUT2D eigenvalue weighted by Crippen LogP contribution is -2.24. The highest BCUT2D eigenvalue weighted by molar-refractivity contribution is 5.77. The summed E-state index contributed by atoms with van der Waals surface area (Å²) in [6.07, 6.45) is 6.36. The zero-order valence-electron chi connectivity index (χ0n) is 15.5. The molecule has 0 spiro atoms. The summed E-state index contributed by atoms with van der Waals surface area (Å²) < 4.78 is 0. The van der Waals surface area contributed by atoms with Crippen molar-refractivity contribution in [2.75, 3.05) is 39.2 Å². The maximum absolute atomic E-state index is 4.61. The van der Waals surface area contributed by atoms with Crippen molar-refractivity contribution in [3.05, 3.63) is 46.2 Å². The van der Waals surface area contributed by atoms with E-state index in [9.17, 15) is 0 Å². The third-order valence-corrected chi connectivity index (χ3v) is 4.38. The normalized spacial score (nSPS) is 13.8. The number of nitrogens with zero attached hydrogens (tertiary/aromatic N) is 5. The van der Waals surface area contributed by atoms with Gasteiger partial charge in [-0.1, -0.05) is 13.0 Å². The van der Waals surface area contributed by atoms with Crippen molar-refractivity contribution in [3.8, 4) is 0 Å². The summed E-state index contributed by atoms with van der Waals surface area (Å²) in [6, 6.07) is 6.32. The van der Waals surface area contributed by atoms with Crippen LogP contribution in [0, 0.1) is 0 Å². The minimum atomic E-state index is 0.553. The predicted molar refractivity (Wildman–Crippen MR) is 107 cm³/mol. The first kappa shape index (κ1) is 18.0. The van der Waals surface area contributed by atoms with Gasteiger partial charge in [-0.25, -0.2) is 0 Å². The smallest absolute Gasteiger partial charge is 0.153 e. The molecular formula is C19H25N7. The van der Waals surface area contributed by atoms with Crippen molar-refractivity contribution in [1.29, 1.82) is 0 Å². The summed E-state index contributed by atoms with van der Waals surface area (Å²) in [6.45, 7) is 4.38.